The van der Waals surface area contributed by atoms with Crippen LogP contribution in [0, 0.1) is 40.5 Å². The van der Waals surface area contributed by atoms with Crippen LogP contribution in [0.15, 0.2) is 91.5 Å². The van der Waals surface area contributed by atoms with Crippen LogP contribution in [0.4, 0.5) is 22.7 Å². The van der Waals surface area contributed by atoms with Crippen molar-refractivity contribution in [3.05, 3.63) is 122 Å². The van der Waals surface area contributed by atoms with Gasteiger partial charge in [-0.1, -0.05) is 56.1 Å². The molecule has 0 spiro atoms. The van der Waals surface area contributed by atoms with Crippen LogP contribution in [0.5, 0.6) is 0 Å². The Morgan fingerprint density at radius 3 is 1.10 bits per heavy atom. The van der Waals surface area contributed by atoms with Crippen molar-refractivity contribution in [2.75, 3.05) is 0 Å². The summed E-state index contributed by atoms with van der Waals surface area (Å²) in [5.74, 6) is 0. The molecule has 0 atom stereocenters. The lowest BCUT2D eigenvalue weighted by Gasteiger charge is -2.12. The minimum atomic E-state index is -2.68. The molecule has 40 heavy (non-hydrogen) atoms. The van der Waals surface area contributed by atoms with E-state index in [0.717, 1.165) is 24.3 Å². The van der Waals surface area contributed by atoms with Crippen LogP contribution in [-0.2, 0) is 10.8 Å². The Morgan fingerprint density at radius 2 is 0.825 bits per heavy atom. The van der Waals surface area contributed by atoms with Crippen LogP contribution in [0.25, 0.3) is 22.3 Å². The number of benzene rings is 4. The highest BCUT2D eigenvalue weighted by molar-refractivity contribution is 9.10. The molecule has 4 aromatic carbocycles. The lowest BCUT2D eigenvalue weighted by Crippen LogP contribution is -2.07. The summed E-state index contributed by atoms with van der Waals surface area (Å²) < 4.78 is 15.1. The third-order valence-corrected chi connectivity index (χ3v) is 8.18. The normalized spacial score (nSPS) is 10.9. The predicted octanol–water partition coefficient (Wildman–Crippen LogP) is 7.35. The maximum absolute atomic E-state index is 13.9. The Morgan fingerprint density at radius 1 is 0.500 bits per heavy atom. The van der Waals surface area contributed by atoms with E-state index in [2.05, 4.69) is 31.9 Å². The monoisotopic (exact) mass is 690 g/mol. The first-order valence-corrected chi connectivity index (χ1v) is 13.5. The van der Waals surface area contributed by atoms with Crippen molar-refractivity contribution in [1.29, 1.82) is 0 Å². The lowest BCUT2D eigenvalue weighted by molar-refractivity contribution is -0.394. The van der Waals surface area contributed by atoms with Crippen molar-refractivity contribution < 1.29 is 23.9 Å². The summed E-state index contributed by atoms with van der Waals surface area (Å²) in [4.78, 5) is 43.5. The molecular formula is C24H12Br2N4O9S. The number of hydrogen-bond acceptors (Lipinski definition) is 9. The third kappa shape index (κ3) is 5.36. The molecule has 4 rings (SSSR count). The molecule has 0 aliphatic heterocycles. The Kier molecular flexibility index (Phi) is 8.13. The SMILES string of the molecule is O=[N+]([O-])c1ccc(S(=O)c2ccc([N+](=O)[O-])c(-c3ccc(Br)cc3)c2[N+](=O)[O-])c([N+](=O)[O-])c1-c1ccc(Br)cc1. The second-order valence-corrected chi connectivity index (χ2v) is 11.2. The highest BCUT2D eigenvalue weighted by Crippen LogP contribution is 2.46. The van der Waals surface area contributed by atoms with Gasteiger partial charge in [-0.3, -0.25) is 40.5 Å². The topological polar surface area (TPSA) is 190 Å². The summed E-state index contributed by atoms with van der Waals surface area (Å²) in [7, 11) is -2.68. The molecule has 13 nitrogen and oxygen atoms in total. The van der Waals surface area contributed by atoms with E-state index in [9.17, 15) is 44.7 Å². The van der Waals surface area contributed by atoms with E-state index in [1.54, 1.807) is 0 Å². The van der Waals surface area contributed by atoms with Crippen molar-refractivity contribution >= 4 is 65.4 Å². The lowest BCUT2D eigenvalue weighted by atomic mass is 10.0. The Hall–Kier alpha value is -4.41. The zero-order valence-electron chi connectivity index (χ0n) is 19.6. The van der Waals surface area contributed by atoms with Crippen molar-refractivity contribution in [1.82, 2.24) is 0 Å². The van der Waals surface area contributed by atoms with E-state index >= 15 is 0 Å². The van der Waals surface area contributed by atoms with Gasteiger partial charge in [0.05, 0.1) is 30.5 Å². The molecule has 0 saturated heterocycles. The van der Waals surface area contributed by atoms with Crippen LogP contribution in [-0.4, -0.2) is 23.9 Å². The molecule has 16 heteroatoms. The summed E-state index contributed by atoms with van der Waals surface area (Å²) in [6.45, 7) is 0. The van der Waals surface area contributed by atoms with E-state index < -0.39 is 74.2 Å². The van der Waals surface area contributed by atoms with Gasteiger partial charge in [-0.05, 0) is 47.5 Å². The number of nitrogens with zero attached hydrogens (tertiary/aromatic N) is 4. The Labute approximate surface area is 242 Å². The predicted molar refractivity (Wildman–Crippen MR) is 150 cm³/mol. The molecule has 0 aliphatic rings. The first-order chi connectivity index (χ1) is 18.9. The third-order valence-electron chi connectivity index (χ3n) is 5.66. The second kappa shape index (κ2) is 11.4. The van der Waals surface area contributed by atoms with Crippen molar-refractivity contribution in [3.8, 4) is 22.3 Å². The quantitative estimate of drug-likeness (QED) is 0.134. The average molecular weight is 692 g/mol. The second-order valence-electron chi connectivity index (χ2n) is 7.92. The molecule has 0 unspecified atom stereocenters. The summed E-state index contributed by atoms with van der Waals surface area (Å²) in [6.07, 6.45) is 0. The van der Waals surface area contributed by atoms with Crippen LogP contribution in [0.1, 0.15) is 0 Å². The fourth-order valence-electron chi connectivity index (χ4n) is 4.01. The van der Waals surface area contributed by atoms with E-state index in [1.165, 1.54) is 48.5 Å². The van der Waals surface area contributed by atoms with E-state index in [-0.39, 0.29) is 11.1 Å². The largest absolute Gasteiger partial charge is 0.300 e. The summed E-state index contributed by atoms with van der Waals surface area (Å²) in [6, 6.07) is 15.1. The standard InChI is InChI=1S/C24H12Br2N4O9S/c25-15-5-1-13(2-6-15)21-17(27(31)32)9-11-19(23(21)29(35)36)40(39)20-12-10-18(28(33)34)22(24(20)30(37)38)14-3-7-16(26)8-4-14/h1-12H. The first-order valence-electron chi connectivity index (χ1n) is 10.8. The molecule has 0 aromatic heterocycles. The highest BCUT2D eigenvalue weighted by atomic mass is 79.9. The van der Waals surface area contributed by atoms with Gasteiger partial charge in [0.25, 0.3) is 11.4 Å². The molecule has 0 radical (unpaired) electrons. The molecule has 0 bridgehead atoms. The van der Waals surface area contributed by atoms with Crippen molar-refractivity contribution in [3.63, 3.8) is 0 Å². The molecule has 202 valence electrons. The van der Waals surface area contributed by atoms with Crippen LogP contribution in [0.2, 0.25) is 0 Å². The fourth-order valence-corrected chi connectivity index (χ4v) is 5.86. The minimum Gasteiger partial charge on any atom is -0.258 e. The maximum atomic E-state index is 13.9. The molecule has 0 saturated carbocycles. The highest BCUT2D eigenvalue weighted by Gasteiger charge is 2.37. The van der Waals surface area contributed by atoms with Gasteiger partial charge in [0.15, 0.2) is 0 Å². The van der Waals surface area contributed by atoms with Gasteiger partial charge in [-0.2, -0.15) is 0 Å². The van der Waals surface area contributed by atoms with E-state index in [0.29, 0.717) is 8.95 Å². The minimum absolute atomic E-state index is 0.0641. The molecule has 0 N–H and O–H groups in total. The van der Waals surface area contributed by atoms with E-state index in [4.69, 9.17) is 0 Å². The number of halogens is 2. The van der Waals surface area contributed by atoms with Gasteiger partial charge in [-0.15, -0.1) is 0 Å². The van der Waals surface area contributed by atoms with Gasteiger partial charge >= 0.3 is 11.4 Å². The first kappa shape index (κ1) is 28.6. The summed E-state index contributed by atoms with van der Waals surface area (Å²) in [5, 5.41) is 48.2. The molecular weight excluding hydrogens is 680 g/mol. The van der Waals surface area contributed by atoms with Crippen molar-refractivity contribution in [2.45, 2.75) is 9.79 Å². The number of hydrogen-bond donors (Lipinski definition) is 0. The molecule has 0 aliphatic carbocycles. The average Bonchev–Trinajstić information content (AvgIpc) is 2.91. The number of nitro benzene ring substituents is 4. The molecule has 0 fully saturated rings. The Balaban J connectivity index is 2.07. The van der Waals surface area contributed by atoms with Crippen LogP contribution < -0.4 is 0 Å². The van der Waals surface area contributed by atoms with Gasteiger partial charge in [0.1, 0.15) is 20.9 Å². The van der Waals surface area contributed by atoms with Gasteiger partial charge in [0, 0.05) is 21.1 Å². The Bertz CT molecular complexity index is 1620. The fraction of sp³-hybridized carbons (Fsp3) is 0. The zero-order valence-corrected chi connectivity index (χ0v) is 23.5. The van der Waals surface area contributed by atoms with Gasteiger partial charge in [-0.25, -0.2) is 4.21 Å². The van der Waals surface area contributed by atoms with Crippen LogP contribution in [0.3, 0.4) is 0 Å². The maximum Gasteiger partial charge on any atom is 0.300 e. The smallest absolute Gasteiger partial charge is 0.258 e. The van der Waals surface area contributed by atoms with Crippen molar-refractivity contribution in [2.24, 2.45) is 0 Å². The molecule has 0 heterocycles. The number of nitro groups is 4. The van der Waals surface area contributed by atoms with Gasteiger partial charge < -0.3 is 0 Å². The van der Waals surface area contributed by atoms with Crippen LogP contribution >= 0.6 is 31.9 Å². The molecule has 4 aromatic rings. The summed E-state index contributed by atoms with van der Waals surface area (Å²) >= 11 is 6.44. The summed E-state index contributed by atoms with van der Waals surface area (Å²) in [5.41, 5.74) is -3.87. The number of rotatable bonds is 8. The molecule has 0 amide bonds. The zero-order chi connectivity index (χ0) is 29.3. The van der Waals surface area contributed by atoms with Gasteiger partial charge in [0.2, 0.25) is 0 Å². The van der Waals surface area contributed by atoms with E-state index in [1.807, 2.05) is 0 Å².